The number of pyridine rings is 1. The predicted octanol–water partition coefficient (Wildman–Crippen LogP) is 2.98. The van der Waals surface area contributed by atoms with E-state index >= 15 is 0 Å². The van der Waals surface area contributed by atoms with Gasteiger partial charge in [-0.15, -0.1) is 0 Å². The highest BCUT2D eigenvalue weighted by molar-refractivity contribution is 5.87. The summed E-state index contributed by atoms with van der Waals surface area (Å²) in [6.45, 7) is 0. The molecule has 3 heterocycles. The summed E-state index contributed by atoms with van der Waals surface area (Å²) < 4.78 is 1.98. The summed E-state index contributed by atoms with van der Waals surface area (Å²) >= 11 is 0. The number of aryl methyl sites for hydroxylation is 1. The maximum atomic E-state index is 10.8. The van der Waals surface area contributed by atoms with Crippen molar-refractivity contribution >= 4 is 33.6 Å². The van der Waals surface area contributed by atoms with Crippen molar-refractivity contribution in [3.05, 3.63) is 54.5 Å². The fourth-order valence-corrected chi connectivity index (χ4v) is 4.91. The highest BCUT2D eigenvalue weighted by Crippen LogP contribution is 2.39. The number of aliphatic hydroxyl groups is 2. The van der Waals surface area contributed by atoms with Gasteiger partial charge in [0, 0.05) is 25.7 Å². The molecule has 1 aliphatic carbocycles. The number of benzene rings is 1. The smallest absolute Gasteiger partial charge is 0.145 e. The zero-order valence-corrected chi connectivity index (χ0v) is 18.2. The number of aliphatic hydroxyl groups excluding tert-OH is 2. The average molecular weight is 433 g/mol. The molecule has 32 heavy (non-hydrogen) atoms. The van der Waals surface area contributed by atoms with Gasteiger partial charge in [-0.2, -0.15) is 0 Å². The Kier molecular flexibility index (Phi) is 5.40. The summed E-state index contributed by atoms with van der Waals surface area (Å²) in [5.74, 6) is 1.60. The van der Waals surface area contributed by atoms with Gasteiger partial charge in [0.15, 0.2) is 0 Å². The Balaban J connectivity index is 1.33. The van der Waals surface area contributed by atoms with Gasteiger partial charge >= 0.3 is 0 Å². The first kappa shape index (κ1) is 20.7. The van der Waals surface area contributed by atoms with Crippen molar-refractivity contribution in [2.75, 3.05) is 24.7 Å². The van der Waals surface area contributed by atoms with Gasteiger partial charge in [-0.3, -0.25) is 0 Å². The number of aromatic nitrogens is 4. The highest BCUT2D eigenvalue weighted by atomic mass is 16.3. The number of fused-ring (bicyclic) bond motifs is 2. The van der Waals surface area contributed by atoms with E-state index in [1.54, 1.807) is 0 Å². The molecule has 0 unspecified atom stereocenters. The maximum Gasteiger partial charge on any atom is 0.145 e. The number of anilines is 2. The molecule has 4 atom stereocenters. The third-order valence-electron chi connectivity index (χ3n) is 6.69. The van der Waals surface area contributed by atoms with Crippen molar-refractivity contribution in [3.63, 3.8) is 0 Å². The Morgan fingerprint density at radius 3 is 2.69 bits per heavy atom. The lowest BCUT2D eigenvalue weighted by Crippen LogP contribution is -2.29. The number of nitrogens with zero attached hydrogens (tertiary/aromatic N) is 4. The maximum absolute atomic E-state index is 10.8. The van der Waals surface area contributed by atoms with Crippen LogP contribution in [0.3, 0.4) is 0 Å². The first-order chi connectivity index (χ1) is 15.6. The molecule has 0 radical (unpaired) electrons. The van der Waals surface area contributed by atoms with Crippen LogP contribution in [0.5, 0.6) is 0 Å². The highest BCUT2D eigenvalue weighted by Gasteiger charge is 2.42. The quantitative estimate of drug-likeness (QED) is 0.371. The number of hydrogen-bond acceptors (Lipinski definition) is 7. The van der Waals surface area contributed by atoms with Crippen LogP contribution in [-0.4, -0.2) is 56.0 Å². The SMILES string of the molecule is CNc1ccc2ccc(CC[C@H]3C[C@@H](n4ccc5c(NC)ncnc54)[C@H](O)[C@@H]3O)cc2n1. The first-order valence-electron chi connectivity index (χ1n) is 11.0. The number of nitrogens with one attached hydrogen (secondary N) is 2. The van der Waals surface area contributed by atoms with Gasteiger partial charge in [0.1, 0.15) is 29.7 Å². The van der Waals surface area contributed by atoms with E-state index in [1.807, 2.05) is 37.0 Å². The minimum absolute atomic E-state index is 0.00496. The summed E-state index contributed by atoms with van der Waals surface area (Å²) in [4.78, 5) is 13.3. The van der Waals surface area contributed by atoms with Gasteiger partial charge in [0.05, 0.1) is 23.0 Å². The van der Waals surface area contributed by atoms with E-state index in [0.717, 1.165) is 46.4 Å². The molecule has 1 fully saturated rings. The van der Waals surface area contributed by atoms with Crippen LogP contribution in [0.4, 0.5) is 11.6 Å². The van der Waals surface area contributed by atoms with Gasteiger partial charge in [0.2, 0.25) is 0 Å². The Bertz CT molecular complexity index is 1260. The van der Waals surface area contributed by atoms with Crippen molar-refractivity contribution in [2.24, 2.45) is 5.92 Å². The monoisotopic (exact) mass is 432 g/mol. The zero-order chi connectivity index (χ0) is 22.2. The van der Waals surface area contributed by atoms with Crippen LogP contribution >= 0.6 is 0 Å². The van der Waals surface area contributed by atoms with Gasteiger partial charge < -0.3 is 25.4 Å². The molecule has 1 saturated carbocycles. The molecule has 166 valence electrons. The topological polar surface area (TPSA) is 108 Å². The third-order valence-corrected chi connectivity index (χ3v) is 6.69. The fourth-order valence-electron chi connectivity index (χ4n) is 4.91. The van der Waals surface area contributed by atoms with Crippen LogP contribution < -0.4 is 10.6 Å². The summed E-state index contributed by atoms with van der Waals surface area (Å²) in [6.07, 6.45) is 4.16. The van der Waals surface area contributed by atoms with E-state index in [2.05, 4.69) is 49.9 Å². The van der Waals surface area contributed by atoms with E-state index in [9.17, 15) is 10.2 Å². The van der Waals surface area contributed by atoms with E-state index in [-0.39, 0.29) is 12.0 Å². The first-order valence-corrected chi connectivity index (χ1v) is 11.0. The second-order valence-electron chi connectivity index (χ2n) is 8.49. The molecular weight excluding hydrogens is 404 g/mol. The zero-order valence-electron chi connectivity index (χ0n) is 18.2. The molecule has 8 nitrogen and oxygen atoms in total. The molecule has 3 aromatic heterocycles. The lowest BCUT2D eigenvalue weighted by Gasteiger charge is -2.19. The van der Waals surface area contributed by atoms with E-state index < -0.39 is 12.2 Å². The summed E-state index contributed by atoms with van der Waals surface area (Å²) in [6, 6.07) is 12.1. The standard InChI is InChI=1S/C24H28N6O2/c1-25-20-8-7-15-5-3-14(11-18(15)29-20)4-6-16-12-19(22(32)21(16)31)30-10-9-17-23(26-2)27-13-28-24(17)30/h3,5,7-11,13,16,19,21-22,31-32H,4,6,12H2,1-2H3,(H,25,29)(H,26,27,28)/t16-,19+,21+,22-/m0/s1. The molecule has 4 aromatic rings. The van der Waals surface area contributed by atoms with Crippen molar-refractivity contribution in [3.8, 4) is 0 Å². The van der Waals surface area contributed by atoms with Crippen LogP contribution in [-0.2, 0) is 6.42 Å². The molecule has 0 spiro atoms. The fraction of sp³-hybridized carbons (Fsp3) is 0.375. The van der Waals surface area contributed by atoms with Gasteiger partial charge in [-0.1, -0.05) is 12.1 Å². The summed E-state index contributed by atoms with van der Waals surface area (Å²) in [5, 5.41) is 29.8. The molecule has 5 rings (SSSR count). The van der Waals surface area contributed by atoms with Crippen molar-refractivity contribution in [2.45, 2.75) is 37.5 Å². The largest absolute Gasteiger partial charge is 0.390 e. The lowest BCUT2D eigenvalue weighted by atomic mass is 9.95. The molecule has 0 bridgehead atoms. The Labute approximate surface area is 186 Å². The van der Waals surface area contributed by atoms with Crippen molar-refractivity contribution in [1.82, 2.24) is 19.5 Å². The molecule has 0 amide bonds. The van der Waals surface area contributed by atoms with Crippen LogP contribution in [0.2, 0.25) is 0 Å². The normalized spacial score (nSPS) is 23.1. The second kappa shape index (κ2) is 8.37. The van der Waals surface area contributed by atoms with Crippen LogP contribution in [0.25, 0.3) is 21.9 Å². The Hall–Kier alpha value is -3.23. The minimum atomic E-state index is -0.833. The molecular formula is C24H28N6O2. The van der Waals surface area contributed by atoms with Crippen LogP contribution in [0.1, 0.15) is 24.4 Å². The molecule has 8 heteroatoms. The summed E-state index contributed by atoms with van der Waals surface area (Å²) in [7, 11) is 3.69. The molecule has 1 aliphatic rings. The minimum Gasteiger partial charge on any atom is -0.390 e. The molecule has 4 N–H and O–H groups in total. The second-order valence-corrected chi connectivity index (χ2v) is 8.49. The van der Waals surface area contributed by atoms with Gasteiger partial charge in [-0.05, 0) is 55.0 Å². The number of rotatable bonds is 6. The predicted molar refractivity (Wildman–Crippen MR) is 126 cm³/mol. The van der Waals surface area contributed by atoms with Gasteiger partial charge in [-0.25, -0.2) is 15.0 Å². The molecule has 0 saturated heterocycles. The molecule has 1 aromatic carbocycles. The van der Waals surface area contributed by atoms with Crippen LogP contribution in [0, 0.1) is 5.92 Å². The number of hydrogen-bond donors (Lipinski definition) is 4. The van der Waals surface area contributed by atoms with Gasteiger partial charge in [0.25, 0.3) is 0 Å². The Morgan fingerprint density at radius 2 is 1.88 bits per heavy atom. The van der Waals surface area contributed by atoms with Crippen molar-refractivity contribution < 1.29 is 10.2 Å². The molecule has 0 aliphatic heterocycles. The third kappa shape index (κ3) is 3.55. The van der Waals surface area contributed by atoms with E-state index in [4.69, 9.17) is 0 Å². The van der Waals surface area contributed by atoms with E-state index in [0.29, 0.717) is 6.42 Å². The van der Waals surface area contributed by atoms with Crippen molar-refractivity contribution in [1.29, 1.82) is 0 Å². The lowest BCUT2D eigenvalue weighted by molar-refractivity contribution is 0.00545. The Morgan fingerprint density at radius 1 is 1.03 bits per heavy atom. The van der Waals surface area contributed by atoms with E-state index in [1.165, 1.54) is 11.9 Å². The summed E-state index contributed by atoms with van der Waals surface area (Å²) in [5.41, 5.74) is 2.90. The van der Waals surface area contributed by atoms with Crippen LogP contribution in [0.15, 0.2) is 48.9 Å². The average Bonchev–Trinajstić information content (AvgIpc) is 3.38.